The molecule has 0 bridgehead atoms. The van der Waals surface area contributed by atoms with Gasteiger partial charge in [-0.1, -0.05) is 32.4 Å². The van der Waals surface area contributed by atoms with Crippen LogP contribution in [0.4, 0.5) is 0 Å². The highest BCUT2D eigenvalue weighted by atomic mass is 16.2. The molecule has 1 aromatic carbocycles. The fourth-order valence-corrected chi connectivity index (χ4v) is 2.06. The van der Waals surface area contributed by atoms with E-state index in [1.807, 2.05) is 38.1 Å². The molecule has 1 heterocycles. The van der Waals surface area contributed by atoms with Crippen LogP contribution in [0.15, 0.2) is 24.3 Å². The first kappa shape index (κ1) is 14.5. The number of aromatic amines is 1. The molecule has 0 aliphatic heterocycles. The summed E-state index contributed by atoms with van der Waals surface area (Å²) >= 11 is 0. The molecule has 0 saturated heterocycles. The molecule has 0 aliphatic carbocycles. The normalized spacial score (nSPS) is 14.2. The smallest absolute Gasteiger partial charge is 0.237 e. The third-order valence-corrected chi connectivity index (χ3v) is 3.66. The van der Waals surface area contributed by atoms with Gasteiger partial charge in [0.1, 0.15) is 5.82 Å². The number of nitrogens with zero attached hydrogens (tertiary/aromatic N) is 1. The molecular weight excluding hydrogens is 252 g/mol. The zero-order valence-electron chi connectivity index (χ0n) is 12.0. The number of nitrogens with two attached hydrogens (primary N) is 1. The topological polar surface area (TPSA) is 83.8 Å². The molecule has 1 aromatic heterocycles. The Balaban J connectivity index is 1.85. The van der Waals surface area contributed by atoms with Crippen LogP contribution < -0.4 is 11.1 Å². The molecule has 5 heteroatoms. The largest absolute Gasteiger partial charge is 0.354 e. The molecular formula is C15H22N4O. The second kappa shape index (κ2) is 6.52. The van der Waals surface area contributed by atoms with E-state index in [4.69, 9.17) is 5.73 Å². The molecule has 108 valence electrons. The molecule has 2 atom stereocenters. The van der Waals surface area contributed by atoms with Gasteiger partial charge in [0, 0.05) is 13.0 Å². The van der Waals surface area contributed by atoms with Crippen molar-refractivity contribution in [3.63, 3.8) is 0 Å². The van der Waals surface area contributed by atoms with Crippen LogP contribution in [0.5, 0.6) is 0 Å². The van der Waals surface area contributed by atoms with Crippen molar-refractivity contribution in [2.45, 2.75) is 32.7 Å². The SMILES string of the molecule is CCC(C)C(N)C(=O)NCCc1nc2ccccc2[nH]1. The van der Waals surface area contributed by atoms with Crippen molar-refractivity contribution in [1.29, 1.82) is 0 Å². The zero-order valence-corrected chi connectivity index (χ0v) is 12.0. The highest BCUT2D eigenvalue weighted by Crippen LogP contribution is 2.10. The molecule has 5 nitrogen and oxygen atoms in total. The minimum atomic E-state index is -0.435. The lowest BCUT2D eigenvalue weighted by Crippen LogP contribution is -2.45. The summed E-state index contributed by atoms with van der Waals surface area (Å²) in [5.41, 5.74) is 7.84. The van der Waals surface area contributed by atoms with Crippen molar-refractivity contribution in [2.24, 2.45) is 11.7 Å². The summed E-state index contributed by atoms with van der Waals surface area (Å²) < 4.78 is 0. The lowest BCUT2D eigenvalue weighted by molar-refractivity contribution is -0.123. The number of carbonyl (C=O) groups excluding carboxylic acids is 1. The van der Waals surface area contributed by atoms with E-state index in [0.717, 1.165) is 23.3 Å². The number of hydrogen-bond acceptors (Lipinski definition) is 3. The van der Waals surface area contributed by atoms with Gasteiger partial charge < -0.3 is 16.0 Å². The van der Waals surface area contributed by atoms with Crippen molar-refractivity contribution in [3.05, 3.63) is 30.1 Å². The summed E-state index contributed by atoms with van der Waals surface area (Å²) in [6, 6.07) is 7.45. The van der Waals surface area contributed by atoms with Crippen LogP contribution >= 0.6 is 0 Å². The van der Waals surface area contributed by atoms with Crippen molar-refractivity contribution in [1.82, 2.24) is 15.3 Å². The summed E-state index contributed by atoms with van der Waals surface area (Å²) in [7, 11) is 0. The highest BCUT2D eigenvalue weighted by Gasteiger charge is 2.18. The summed E-state index contributed by atoms with van der Waals surface area (Å²) in [6.45, 7) is 4.57. The first-order chi connectivity index (χ1) is 9.61. The van der Waals surface area contributed by atoms with Crippen molar-refractivity contribution < 1.29 is 4.79 Å². The molecule has 2 aromatic rings. The van der Waals surface area contributed by atoms with Crippen LogP contribution in [0.3, 0.4) is 0 Å². The summed E-state index contributed by atoms with van der Waals surface area (Å²) in [5, 5.41) is 2.87. The first-order valence-corrected chi connectivity index (χ1v) is 7.08. The predicted octanol–water partition coefficient (Wildman–Crippen LogP) is 1.59. The number of nitrogens with one attached hydrogen (secondary N) is 2. The number of H-pyrrole nitrogens is 1. The second-order valence-corrected chi connectivity index (χ2v) is 5.15. The molecule has 0 spiro atoms. The Morgan fingerprint density at radius 3 is 2.90 bits per heavy atom. The molecule has 20 heavy (non-hydrogen) atoms. The standard InChI is InChI=1S/C15H22N4O/c1-3-10(2)14(16)15(20)17-9-8-13-18-11-6-4-5-7-12(11)19-13/h4-7,10,14H,3,8-9,16H2,1-2H3,(H,17,20)(H,18,19). The maximum atomic E-state index is 11.8. The van der Waals surface area contributed by atoms with E-state index in [1.165, 1.54) is 0 Å². The molecule has 0 aliphatic rings. The van der Waals surface area contributed by atoms with Crippen LogP contribution in [0.1, 0.15) is 26.1 Å². The van der Waals surface area contributed by atoms with E-state index < -0.39 is 6.04 Å². The summed E-state index contributed by atoms with van der Waals surface area (Å²) in [6.07, 6.45) is 1.58. The number of rotatable bonds is 6. The minimum absolute atomic E-state index is 0.0875. The van der Waals surface area contributed by atoms with Crippen LogP contribution in [-0.4, -0.2) is 28.5 Å². The van der Waals surface area contributed by atoms with Crippen LogP contribution in [0.25, 0.3) is 11.0 Å². The number of hydrogen-bond donors (Lipinski definition) is 3. The van der Waals surface area contributed by atoms with Crippen molar-refractivity contribution >= 4 is 16.9 Å². The zero-order chi connectivity index (χ0) is 14.5. The third-order valence-electron chi connectivity index (χ3n) is 3.66. The van der Waals surface area contributed by atoms with Gasteiger partial charge in [0.05, 0.1) is 17.1 Å². The lowest BCUT2D eigenvalue weighted by Gasteiger charge is -2.17. The van der Waals surface area contributed by atoms with E-state index >= 15 is 0 Å². The average molecular weight is 274 g/mol. The van der Waals surface area contributed by atoms with Gasteiger partial charge >= 0.3 is 0 Å². The number of para-hydroxylation sites is 2. The number of amides is 1. The molecule has 0 radical (unpaired) electrons. The van der Waals surface area contributed by atoms with Gasteiger partial charge in [-0.3, -0.25) is 4.79 Å². The first-order valence-electron chi connectivity index (χ1n) is 7.08. The Kier molecular flexibility index (Phi) is 4.74. The van der Waals surface area contributed by atoms with Crippen LogP contribution in [-0.2, 0) is 11.2 Å². The van der Waals surface area contributed by atoms with E-state index in [-0.39, 0.29) is 11.8 Å². The minimum Gasteiger partial charge on any atom is -0.354 e. The van der Waals surface area contributed by atoms with Gasteiger partial charge in [-0.25, -0.2) is 4.98 Å². The predicted molar refractivity (Wildman–Crippen MR) is 80.2 cm³/mol. The summed E-state index contributed by atoms with van der Waals surface area (Å²) in [5.74, 6) is 0.986. The van der Waals surface area contributed by atoms with Gasteiger partial charge in [0.15, 0.2) is 0 Å². The lowest BCUT2D eigenvalue weighted by atomic mass is 9.99. The molecule has 2 unspecified atom stereocenters. The second-order valence-electron chi connectivity index (χ2n) is 5.15. The molecule has 4 N–H and O–H groups in total. The fraction of sp³-hybridized carbons (Fsp3) is 0.467. The fourth-order valence-electron chi connectivity index (χ4n) is 2.06. The Morgan fingerprint density at radius 2 is 2.20 bits per heavy atom. The van der Waals surface area contributed by atoms with Crippen molar-refractivity contribution in [3.8, 4) is 0 Å². The Bertz CT molecular complexity index is 545. The highest BCUT2D eigenvalue weighted by molar-refractivity contribution is 5.81. The van der Waals surface area contributed by atoms with Crippen LogP contribution in [0.2, 0.25) is 0 Å². The number of carbonyl (C=O) groups is 1. The van der Waals surface area contributed by atoms with Gasteiger partial charge in [0.2, 0.25) is 5.91 Å². The van der Waals surface area contributed by atoms with Gasteiger partial charge in [-0.05, 0) is 18.1 Å². The number of imidazole rings is 1. The van der Waals surface area contributed by atoms with Gasteiger partial charge in [-0.15, -0.1) is 0 Å². The van der Waals surface area contributed by atoms with E-state index in [1.54, 1.807) is 0 Å². The van der Waals surface area contributed by atoms with Gasteiger partial charge in [-0.2, -0.15) is 0 Å². The molecule has 2 rings (SSSR count). The Labute approximate surface area is 119 Å². The Hall–Kier alpha value is -1.88. The third kappa shape index (κ3) is 3.36. The monoisotopic (exact) mass is 274 g/mol. The molecule has 0 fully saturated rings. The maximum Gasteiger partial charge on any atom is 0.237 e. The van der Waals surface area contributed by atoms with Gasteiger partial charge in [0.25, 0.3) is 0 Å². The molecule has 0 saturated carbocycles. The number of benzene rings is 1. The average Bonchev–Trinajstić information content (AvgIpc) is 2.88. The summed E-state index contributed by atoms with van der Waals surface area (Å²) in [4.78, 5) is 19.5. The molecule has 1 amide bonds. The van der Waals surface area contributed by atoms with Crippen molar-refractivity contribution in [2.75, 3.05) is 6.54 Å². The van der Waals surface area contributed by atoms with E-state index in [0.29, 0.717) is 13.0 Å². The van der Waals surface area contributed by atoms with E-state index in [2.05, 4.69) is 15.3 Å². The quantitative estimate of drug-likeness (QED) is 0.748. The van der Waals surface area contributed by atoms with Crippen LogP contribution in [0, 0.1) is 5.92 Å². The van der Waals surface area contributed by atoms with E-state index in [9.17, 15) is 4.79 Å². The number of aromatic nitrogens is 2. The number of fused-ring (bicyclic) bond motifs is 1. The Morgan fingerprint density at radius 1 is 1.45 bits per heavy atom. The maximum absolute atomic E-state index is 11.8.